The van der Waals surface area contributed by atoms with Gasteiger partial charge in [0.2, 0.25) is 0 Å². The minimum Gasteiger partial charge on any atom is -0.378 e. The fourth-order valence-corrected chi connectivity index (χ4v) is 2.49. The maximum Gasteiger partial charge on any atom is 0.161 e. The number of hydrogen-bond acceptors (Lipinski definition) is 6. The van der Waals surface area contributed by atoms with E-state index in [4.69, 9.17) is 10.5 Å². The molecule has 1 aliphatic rings. The second-order valence-corrected chi connectivity index (χ2v) is 5.20. The molecule has 0 aromatic carbocycles. The number of nitrogens with two attached hydrogens (primary N) is 1. The maximum atomic E-state index is 5.99. The molecule has 1 atom stereocenters. The highest BCUT2D eigenvalue weighted by molar-refractivity contribution is 5.57. The zero-order valence-corrected chi connectivity index (χ0v) is 12.1. The summed E-state index contributed by atoms with van der Waals surface area (Å²) in [6.07, 6.45) is 4.48. The van der Waals surface area contributed by atoms with Crippen molar-refractivity contribution in [2.24, 2.45) is 5.73 Å². The molecule has 0 radical (unpaired) electrons. The predicted molar refractivity (Wildman–Crippen MR) is 80.8 cm³/mol. The van der Waals surface area contributed by atoms with Gasteiger partial charge in [-0.05, 0) is 18.6 Å². The molecular formula is C15H19N5O. The molecule has 0 aliphatic carbocycles. The number of pyridine rings is 1. The first kappa shape index (κ1) is 13.9. The Hall–Kier alpha value is -2.05. The molecule has 6 heteroatoms. The standard InChI is InChI=1S/C15H19N5O/c1-21-10-13-8-14(20-7-4-12(16)9-20)19-15(18-13)11-2-5-17-6-3-11/h2-3,5-6,8,12H,4,7,9-10,16H2,1H3. The van der Waals surface area contributed by atoms with E-state index in [1.54, 1.807) is 19.5 Å². The van der Waals surface area contributed by atoms with Gasteiger partial charge in [0.1, 0.15) is 5.82 Å². The SMILES string of the molecule is COCc1cc(N2CCC(N)C2)nc(-c2ccncc2)n1. The smallest absolute Gasteiger partial charge is 0.161 e. The lowest BCUT2D eigenvalue weighted by Gasteiger charge is -2.18. The molecular weight excluding hydrogens is 266 g/mol. The molecule has 0 saturated carbocycles. The summed E-state index contributed by atoms with van der Waals surface area (Å²) in [6.45, 7) is 2.23. The van der Waals surface area contributed by atoms with Crippen LogP contribution in [0.2, 0.25) is 0 Å². The molecule has 21 heavy (non-hydrogen) atoms. The van der Waals surface area contributed by atoms with Crippen molar-refractivity contribution < 1.29 is 4.74 Å². The van der Waals surface area contributed by atoms with Crippen LogP contribution in [-0.2, 0) is 11.3 Å². The van der Waals surface area contributed by atoms with Gasteiger partial charge in [-0.15, -0.1) is 0 Å². The van der Waals surface area contributed by atoms with Gasteiger partial charge in [-0.1, -0.05) is 0 Å². The van der Waals surface area contributed by atoms with E-state index in [9.17, 15) is 0 Å². The fraction of sp³-hybridized carbons (Fsp3) is 0.400. The second-order valence-electron chi connectivity index (χ2n) is 5.20. The Bertz CT molecular complexity index is 604. The minimum atomic E-state index is 0.218. The van der Waals surface area contributed by atoms with E-state index in [-0.39, 0.29) is 6.04 Å². The highest BCUT2D eigenvalue weighted by Gasteiger charge is 2.21. The number of anilines is 1. The average Bonchev–Trinajstić information content (AvgIpc) is 2.95. The van der Waals surface area contributed by atoms with E-state index in [1.807, 2.05) is 18.2 Å². The van der Waals surface area contributed by atoms with Gasteiger partial charge in [-0.3, -0.25) is 4.98 Å². The number of rotatable bonds is 4. The van der Waals surface area contributed by atoms with Crippen molar-refractivity contribution in [3.8, 4) is 11.4 Å². The fourth-order valence-electron chi connectivity index (χ4n) is 2.49. The molecule has 1 fully saturated rings. The summed E-state index contributed by atoms with van der Waals surface area (Å²) < 4.78 is 5.21. The lowest BCUT2D eigenvalue weighted by Crippen LogP contribution is -2.27. The van der Waals surface area contributed by atoms with Crippen molar-refractivity contribution in [3.05, 3.63) is 36.3 Å². The van der Waals surface area contributed by atoms with Crippen molar-refractivity contribution in [1.82, 2.24) is 15.0 Å². The first-order valence-corrected chi connectivity index (χ1v) is 7.04. The molecule has 6 nitrogen and oxygen atoms in total. The normalized spacial score (nSPS) is 18.2. The molecule has 1 saturated heterocycles. The van der Waals surface area contributed by atoms with E-state index >= 15 is 0 Å². The van der Waals surface area contributed by atoms with Crippen molar-refractivity contribution >= 4 is 5.82 Å². The third-order valence-corrected chi connectivity index (χ3v) is 3.55. The van der Waals surface area contributed by atoms with Crippen LogP contribution in [-0.4, -0.2) is 41.2 Å². The number of hydrogen-bond donors (Lipinski definition) is 1. The van der Waals surface area contributed by atoms with Gasteiger partial charge in [0.05, 0.1) is 12.3 Å². The molecule has 2 aromatic rings. The molecule has 2 aromatic heterocycles. The van der Waals surface area contributed by atoms with Gasteiger partial charge in [-0.25, -0.2) is 9.97 Å². The Morgan fingerprint density at radius 1 is 1.33 bits per heavy atom. The van der Waals surface area contributed by atoms with Crippen LogP contribution in [0.15, 0.2) is 30.6 Å². The van der Waals surface area contributed by atoms with Crippen molar-refractivity contribution in [2.75, 3.05) is 25.1 Å². The minimum absolute atomic E-state index is 0.218. The predicted octanol–water partition coefficient (Wildman–Crippen LogP) is 1.22. The summed E-state index contributed by atoms with van der Waals surface area (Å²) >= 11 is 0. The van der Waals surface area contributed by atoms with Crippen LogP contribution in [0.4, 0.5) is 5.82 Å². The van der Waals surface area contributed by atoms with Crippen molar-refractivity contribution in [1.29, 1.82) is 0 Å². The maximum absolute atomic E-state index is 5.99. The Balaban J connectivity index is 1.98. The number of nitrogens with zero attached hydrogens (tertiary/aromatic N) is 4. The quantitative estimate of drug-likeness (QED) is 0.910. The van der Waals surface area contributed by atoms with E-state index in [1.165, 1.54) is 0 Å². The number of aromatic nitrogens is 3. The molecule has 3 heterocycles. The third-order valence-electron chi connectivity index (χ3n) is 3.55. The summed E-state index contributed by atoms with van der Waals surface area (Å²) in [5.41, 5.74) is 7.81. The van der Waals surface area contributed by atoms with Crippen LogP contribution >= 0.6 is 0 Å². The Morgan fingerprint density at radius 3 is 2.81 bits per heavy atom. The Labute approximate surface area is 124 Å². The molecule has 0 spiro atoms. The molecule has 0 bridgehead atoms. The van der Waals surface area contributed by atoms with Crippen molar-refractivity contribution in [2.45, 2.75) is 19.1 Å². The summed E-state index contributed by atoms with van der Waals surface area (Å²) in [6, 6.07) is 6.01. The van der Waals surface area contributed by atoms with Crippen LogP contribution in [0.5, 0.6) is 0 Å². The van der Waals surface area contributed by atoms with Crippen LogP contribution in [0, 0.1) is 0 Å². The molecule has 110 valence electrons. The lowest BCUT2D eigenvalue weighted by atomic mass is 10.2. The summed E-state index contributed by atoms with van der Waals surface area (Å²) in [4.78, 5) is 15.5. The van der Waals surface area contributed by atoms with Gasteiger partial charge >= 0.3 is 0 Å². The Morgan fingerprint density at radius 2 is 2.14 bits per heavy atom. The van der Waals surface area contributed by atoms with Gasteiger partial charge < -0.3 is 15.4 Å². The van der Waals surface area contributed by atoms with Gasteiger partial charge in [-0.2, -0.15) is 0 Å². The van der Waals surface area contributed by atoms with Crippen LogP contribution < -0.4 is 10.6 Å². The van der Waals surface area contributed by atoms with Crippen LogP contribution in [0.25, 0.3) is 11.4 Å². The van der Waals surface area contributed by atoms with Gasteiger partial charge in [0.15, 0.2) is 5.82 Å². The number of ether oxygens (including phenoxy) is 1. The van der Waals surface area contributed by atoms with Gasteiger partial charge in [0, 0.05) is 50.3 Å². The van der Waals surface area contributed by atoms with E-state index in [2.05, 4.69) is 19.9 Å². The van der Waals surface area contributed by atoms with E-state index < -0.39 is 0 Å². The largest absolute Gasteiger partial charge is 0.378 e. The van der Waals surface area contributed by atoms with Crippen molar-refractivity contribution in [3.63, 3.8) is 0 Å². The first-order valence-electron chi connectivity index (χ1n) is 7.04. The monoisotopic (exact) mass is 285 g/mol. The van der Waals surface area contributed by atoms with Crippen LogP contribution in [0.3, 0.4) is 0 Å². The second kappa shape index (κ2) is 6.15. The molecule has 2 N–H and O–H groups in total. The Kier molecular flexibility index (Phi) is 4.08. The molecule has 3 rings (SSSR count). The average molecular weight is 285 g/mol. The van der Waals surface area contributed by atoms with Gasteiger partial charge in [0.25, 0.3) is 0 Å². The summed E-state index contributed by atoms with van der Waals surface area (Å²) in [5, 5.41) is 0. The summed E-state index contributed by atoms with van der Waals surface area (Å²) in [7, 11) is 1.67. The van der Waals surface area contributed by atoms with E-state index in [0.29, 0.717) is 12.4 Å². The number of methoxy groups -OCH3 is 1. The summed E-state index contributed by atoms with van der Waals surface area (Å²) in [5.74, 6) is 1.61. The highest BCUT2D eigenvalue weighted by atomic mass is 16.5. The lowest BCUT2D eigenvalue weighted by molar-refractivity contribution is 0.181. The molecule has 0 amide bonds. The van der Waals surface area contributed by atoms with Crippen LogP contribution in [0.1, 0.15) is 12.1 Å². The van der Waals surface area contributed by atoms with E-state index in [0.717, 1.165) is 36.6 Å². The zero-order valence-electron chi connectivity index (χ0n) is 12.1. The highest BCUT2D eigenvalue weighted by Crippen LogP contribution is 2.22. The molecule has 1 aliphatic heterocycles. The molecule has 1 unspecified atom stereocenters. The first-order chi connectivity index (χ1) is 10.3. The third kappa shape index (κ3) is 3.17. The zero-order chi connectivity index (χ0) is 14.7. The topological polar surface area (TPSA) is 77.2 Å².